The van der Waals surface area contributed by atoms with Gasteiger partial charge in [-0.05, 0) is 24.3 Å². The number of rotatable bonds is 6. The largest absolute Gasteiger partial charge is 0.396 e. The fourth-order valence-electron chi connectivity index (χ4n) is 1.75. The first-order valence-electron chi connectivity index (χ1n) is 5.96. The number of nitro groups is 1. The Kier molecular flexibility index (Phi) is 4.67. The second-order valence-corrected chi connectivity index (χ2v) is 5.22. The van der Waals surface area contributed by atoms with Gasteiger partial charge in [-0.25, -0.2) is 0 Å². The zero-order valence-electron chi connectivity index (χ0n) is 11.1. The Labute approximate surface area is 107 Å². The van der Waals surface area contributed by atoms with E-state index in [0.717, 1.165) is 5.56 Å². The van der Waals surface area contributed by atoms with E-state index in [1.54, 1.807) is 6.07 Å². The monoisotopic (exact) mass is 252 g/mol. The van der Waals surface area contributed by atoms with Crippen molar-refractivity contribution in [2.24, 2.45) is 5.41 Å². The Balaban J connectivity index is 2.87. The van der Waals surface area contributed by atoms with Crippen molar-refractivity contribution in [1.29, 1.82) is 0 Å². The third-order valence-electron chi connectivity index (χ3n) is 2.98. The summed E-state index contributed by atoms with van der Waals surface area (Å²) in [4.78, 5) is 10.6. The minimum Gasteiger partial charge on any atom is -0.396 e. The summed E-state index contributed by atoms with van der Waals surface area (Å²) in [5, 5.41) is 23.0. The standard InChI is InChI=1S/C13H20N2O3/c1-10-5-4-6-11(15(17)18)12(10)14-9-13(2,3)7-8-16/h4-6,14,16H,7-9H2,1-3H3. The van der Waals surface area contributed by atoms with E-state index in [0.29, 0.717) is 18.7 Å². The van der Waals surface area contributed by atoms with Gasteiger partial charge in [0.2, 0.25) is 0 Å². The molecule has 1 rings (SSSR count). The van der Waals surface area contributed by atoms with Gasteiger partial charge in [0.1, 0.15) is 5.69 Å². The molecular weight excluding hydrogens is 232 g/mol. The molecule has 0 aliphatic heterocycles. The summed E-state index contributed by atoms with van der Waals surface area (Å²) in [6, 6.07) is 5.01. The maximum absolute atomic E-state index is 10.9. The number of nitrogens with one attached hydrogen (secondary N) is 1. The molecular formula is C13H20N2O3. The van der Waals surface area contributed by atoms with E-state index in [9.17, 15) is 10.1 Å². The molecule has 100 valence electrons. The summed E-state index contributed by atoms with van der Waals surface area (Å²) in [6.07, 6.45) is 0.652. The predicted molar refractivity (Wildman–Crippen MR) is 71.8 cm³/mol. The minimum absolute atomic E-state index is 0.0924. The summed E-state index contributed by atoms with van der Waals surface area (Å²) in [5.41, 5.74) is 1.40. The van der Waals surface area contributed by atoms with Crippen LogP contribution in [0.5, 0.6) is 0 Å². The highest BCUT2D eigenvalue weighted by Crippen LogP contribution is 2.29. The SMILES string of the molecule is Cc1cccc([N+](=O)[O-])c1NCC(C)(C)CCO. The van der Waals surface area contributed by atoms with Crippen molar-refractivity contribution >= 4 is 11.4 Å². The van der Waals surface area contributed by atoms with Crippen LogP contribution < -0.4 is 5.32 Å². The average Bonchev–Trinajstić information content (AvgIpc) is 2.26. The van der Waals surface area contributed by atoms with Crippen molar-refractivity contribution in [1.82, 2.24) is 0 Å². The highest BCUT2D eigenvalue weighted by molar-refractivity contribution is 5.66. The van der Waals surface area contributed by atoms with Crippen molar-refractivity contribution in [3.8, 4) is 0 Å². The van der Waals surface area contributed by atoms with Crippen LogP contribution in [0.25, 0.3) is 0 Å². The Morgan fingerprint density at radius 3 is 2.67 bits per heavy atom. The fourth-order valence-corrected chi connectivity index (χ4v) is 1.75. The first kappa shape index (κ1) is 14.4. The van der Waals surface area contributed by atoms with Gasteiger partial charge in [0, 0.05) is 19.2 Å². The Morgan fingerprint density at radius 1 is 1.44 bits per heavy atom. The van der Waals surface area contributed by atoms with Crippen LogP contribution in [0.4, 0.5) is 11.4 Å². The number of para-hydroxylation sites is 1. The van der Waals surface area contributed by atoms with Gasteiger partial charge in [-0.2, -0.15) is 0 Å². The lowest BCUT2D eigenvalue weighted by Gasteiger charge is -2.24. The van der Waals surface area contributed by atoms with Crippen LogP contribution in [-0.2, 0) is 0 Å². The van der Waals surface area contributed by atoms with Crippen LogP contribution in [0.3, 0.4) is 0 Å². The highest BCUT2D eigenvalue weighted by atomic mass is 16.6. The van der Waals surface area contributed by atoms with E-state index in [2.05, 4.69) is 5.32 Å². The fraction of sp³-hybridized carbons (Fsp3) is 0.538. The van der Waals surface area contributed by atoms with Gasteiger partial charge < -0.3 is 10.4 Å². The average molecular weight is 252 g/mol. The number of nitro benzene ring substituents is 1. The lowest BCUT2D eigenvalue weighted by atomic mass is 9.89. The van der Waals surface area contributed by atoms with Crippen molar-refractivity contribution in [2.45, 2.75) is 27.2 Å². The third-order valence-corrected chi connectivity index (χ3v) is 2.98. The van der Waals surface area contributed by atoms with Crippen molar-refractivity contribution in [2.75, 3.05) is 18.5 Å². The molecule has 5 nitrogen and oxygen atoms in total. The van der Waals surface area contributed by atoms with Gasteiger partial charge in [0.05, 0.1) is 4.92 Å². The Morgan fingerprint density at radius 2 is 2.11 bits per heavy atom. The van der Waals surface area contributed by atoms with Gasteiger partial charge in [-0.1, -0.05) is 26.0 Å². The molecule has 0 fully saturated rings. The summed E-state index contributed by atoms with van der Waals surface area (Å²) in [5.74, 6) is 0. The summed E-state index contributed by atoms with van der Waals surface area (Å²) >= 11 is 0. The van der Waals surface area contributed by atoms with Crippen LogP contribution >= 0.6 is 0 Å². The molecule has 2 N–H and O–H groups in total. The zero-order chi connectivity index (χ0) is 13.8. The van der Waals surface area contributed by atoms with Crippen LogP contribution in [0, 0.1) is 22.5 Å². The number of aryl methyl sites for hydroxylation is 1. The van der Waals surface area contributed by atoms with E-state index < -0.39 is 0 Å². The predicted octanol–water partition coefficient (Wildman–Crippen LogP) is 2.72. The summed E-state index contributed by atoms with van der Waals surface area (Å²) < 4.78 is 0. The molecule has 0 bridgehead atoms. The number of aliphatic hydroxyl groups excluding tert-OH is 1. The molecule has 0 amide bonds. The van der Waals surface area contributed by atoms with E-state index in [1.165, 1.54) is 6.07 Å². The van der Waals surface area contributed by atoms with Crippen molar-refractivity contribution in [3.63, 3.8) is 0 Å². The smallest absolute Gasteiger partial charge is 0.292 e. The first-order valence-corrected chi connectivity index (χ1v) is 5.96. The molecule has 18 heavy (non-hydrogen) atoms. The van der Waals surface area contributed by atoms with E-state index in [1.807, 2.05) is 26.8 Å². The van der Waals surface area contributed by atoms with E-state index in [-0.39, 0.29) is 22.6 Å². The molecule has 0 aliphatic rings. The highest BCUT2D eigenvalue weighted by Gasteiger charge is 2.20. The topological polar surface area (TPSA) is 75.4 Å². The number of benzene rings is 1. The maximum atomic E-state index is 10.9. The summed E-state index contributed by atoms with van der Waals surface area (Å²) in [6.45, 7) is 6.57. The van der Waals surface area contributed by atoms with Gasteiger partial charge >= 0.3 is 0 Å². The second-order valence-electron chi connectivity index (χ2n) is 5.22. The number of nitrogens with zero attached hydrogens (tertiary/aromatic N) is 1. The van der Waals surface area contributed by atoms with E-state index >= 15 is 0 Å². The molecule has 0 spiro atoms. The first-order chi connectivity index (χ1) is 8.37. The van der Waals surface area contributed by atoms with Gasteiger partial charge in [0.15, 0.2) is 0 Å². The Bertz CT molecular complexity index is 430. The molecule has 0 aromatic heterocycles. The van der Waals surface area contributed by atoms with Gasteiger partial charge in [-0.15, -0.1) is 0 Å². The quantitative estimate of drug-likeness (QED) is 0.603. The van der Waals surface area contributed by atoms with Crippen molar-refractivity contribution in [3.05, 3.63) is 33.9 Å². The molecule has 0 unspecified atom stereocenters. The third kappa shape index (κ3) is 3.70. The number of hydrogen-bond acceptors (Lipinski definition) is 4. The number of anilines is 1. The molecule has 1 aromatic rings. The van der Waals surface area contributed by atoms with Crippen LogP contribution in [0.15, 0.2) is 18.2 Å². The molecule has 0 saturated heterocycles. The minimum atomic E-state index is -0.381. The van der Waals surface area contributed by atoms with Crippen molar-refractivity contribution < 1.29 is 10.0 Å². The molecule has 1 aromatic carbocycles. The molecule has 0 atom stereocenters. The van der Waals surface area contributed by atoms with Crippen LogP contribution in [-0.4, -0.2) is 23.2 Å². The maximum Gasteiger partial charge on any atom is 0.292 e. The number of hydrogen-bond donors (Lipinski definition) is 2. The molecule has 0 radical (unpaired) electrons. The number of aliphatic hydroxyl groups is 1. The molecule has 0 heterocycles. The van der Waals surface area contributed by atoms with Gasteiger partial charge in [0.25, 0.3) is 5.69 Å². The van der Waals surface area contributed by atoms with E-state index in [4.69, 9.17) is 5.11 Å². The van der Waals surface area contributed by atoms with Crippen LogP contribution in [0.1, 0.15) is 25.8 Å². The lowest BCUT2D eigenvalue weighted by molar-refractivity contribution is -0.384. The Hall–Kier alpha value is -1.62. The molecule has 5 heteroatoms. The zero-order valence-corrected chi connectivity index (χ0v) is 11.1. The normalized spacial score (nSPS) is 11.3. The molecule has 0 saturated carbocycles. The summed E-state index contributed by atoms with van der Waals surface area (Å²) in [7, 11) is 0. The second kappa shape index (κ2) is 5.82. The van der Waals surface area contributed by atoms with Gasteiger partial charge in [-0.3, -0.25) is 10.1 Å². The van der Waals surface area contributed by atoms with Crippen LogP contribution in [0.2, 0.25) is 0 Å². The molecule has 0 aliphatic carbocycles. The lowest BCUT2D eigenvalue weighted by Crippen LogP contribution is -2.24.